The first-order valence-corrected chi connectivity index (χ1v) is 7.92. The third-order valence-electron chi connectivity index (χ3n) is 3.77. The molecule has 108 valence electrons. The highest BCUT2D eigenvalue weighted by molar-refractivity contribution is 7.13. The van der Waals surface area contributed by atoms with Crippen LogP contribution in [0.15, 0.2) is 44.7 Å². The Bertz CT molecular complexity index is 690. The van der Waals surface area contributed by atoms with Crippen LogP contribution >= 0.6 is 11.3 Å². The monoisotopic (exact) mass is 301 g/mol. The molecule has 0 N–H and O–H groups in total. The highest BCUT2D eigenvalue weighted by Gasteiger charge is 2.29. The fourth-order valence-electron chi connectivity index (χ4n) is 2.81. The third-order valence-corrected chi connectivity index (χ3v) is 4.63. The molecular formula is C15H15N3O2S. The van der Waals surface area contributed by atoms with Crippen molar-refractivity contribution in [1.82, 2.24) is 15.1 Å². The first kappa shape index (κ1) is 12.8. The van der Waals surface area contributed by atoms with Crippen molar-refractivity contribution >= 4 is 11.3 Å². The molecule has 3 aromatic rings. The lowest BCUT2D eigenvalue weighted by Crippen LogP contribution is -2.22. The van der Waals surface area contributed by atoms with E-state index in [9.17, 15) is 0 Å². The van der Waals surface area contributed by atoms with Crippen molar-refractivity contribution in [2.45, 2.75) is 25.4 Å². The van der Waals surface area contributed by atoms with Gasteiger partial charge in [-0.3, -0.25) is 4.90 Å². The van der Waals surface area contributed by atoms with E-state index in [0.29, 0.717) is 24.4 Å². The lowest BCUT2D eigenvalue weighted by atomic mass is 10.2. The van der Waals surface area contributed by atoms with Crippen LogP contribution in [0.1, 0.15) is 30.5 Å². The zero-order valence-electron chi connectivity index (χ0n) is 11.4. The topological polar surface area (TPSA) is 55.3 Å². The molecule has 4 heterocycles. The Morgan fingerprint density at radius 3 is 3.10 bits per heavy atom. The zero-order valence-corrected chi connectivity index (χ0v) is 12.3. The maximum Gasteiger partial charge on any atom is 0.257 e. The average Bonchev–Trinajstić information content (AvgIpc) is 3.28. The predicted molar refractivity (Wildman–Crippen MR) is 78.7 cm³/mol. The van der Waals surface area contributed by atoms with Gasteiger partial charge in [0.25, 0.3) is 5.89 Å². The van der Waals surface area contributed by atoms with Crippen molar-refractivity contribution in [3.63, 3.8) is 0 Å². The van der Waals surface area contributed by atoms with Crippen molar-refractivity contribution < 1.29 is 8.83 Å². The van der Waals surface area contributed by atoms with Crippen LogP contribution in [0.2, 0.25) is 0 Å². The van der Waals surface area contributed by atoms with Crippen LogP contribution in [-0.4, -0.2) is 21.6 Å². The van der Waals surface area contributed by atoms with Gasteiger partial charge < -0.3 is 8.83 Å². The lowest BCUT2D eigenvalue weighted by Gasteiger charge is -2.20. The van der Waals surface area contributed by atoms with E-state index in [-0.39, 0.29) is 0 Å². The van der Waals surface area contributed by atoms with Crippen LogP contribution in [0.4, 0.5) is 0 Å². The Hall–Kier alpha value is -1.92. The largest absolute Gasteiger partial charge is 0.468 e. The standard InChI is InChI=1S/C15H15N3O2S/c1-4-11(12-5-2-8-19-12)18(7-1)10-14-16-17-15(20-14)13-6-3-9-21-13/h2-3,5-6,8-9,11H,1,4,7,10H2. The second-order valence-corrected chi connectivity index (χ2v) is 6.07. The van der Waals surface area contributed by atoms with Crippen LogP contribution in [0.25, 0.3) is 10.8 Å². The maximum absolute atomic E-state index is 5.77. The Morgan fingerprint density at radius 2 is 2.29 bits per heavy atom. The summed E-state index contributed by atoms with van der Waals surface area (Å²) in [5.41, 5.74) is 0. The van der Waals surface area contributed by atoms with Gasteiger partial charge >= 0.3 is 0 Å². The summed E-state index contributed by atoms with van der Waals surface area (Å²) in [5, 5.41) is 10.3. The van der Waals surface area contributed by atoms with Crippen molar-refractivity contribution in [2.24, 2.45) is 0 Å². The predicted octanol–water partition coefficient (Wildman–Crippen LogP) is 3.73. The van der Waals surface area contributed by atoms with Gasteiger partial charge in [0.2, 0.25) is 5.89 Å². The number of hydrogen-bond donors (Lipinski definition) is 0. The number of nitrogens with zero attached hydrogens (tertiary/aromatic N) is 3. The third kappa shape index (κ3) is 2.52. The van der Waals surface area contributed by atoms with Gasteiger partial charge in [-0.2, -0.15) is 0 Å². The SMILES string of the molecule is c1coc(C2CCCN2Cc2nnc(-c3cccs3)o2)c1. The summed E-state index contributed by atoms with van der Waals surface area (Å²) >= 11 is 1.61. The molecule has 4 rings (SSSR count). The highest BCUT2D eigenvalue weighted by Crippen LogP contribution is 2.33. The first-order chi connectivity index (χ1) is 10.4. The molecule has 0 amide bonds. The summed E-state index contributed by atoms with van der Waals surface area (Å²) < 4.78 is 11.3. The molecule has 3 aromatic heterocycles. The van der Waals surface area contributed by atoms with Gasteiger partial charge in [-0.25, -0.2) is 0 Å². The second-order valence-electron chi connectivity index (χ2n) is 5.12. The van der Waals surface area contributed by atoms with E-state index in [4.69, 9.17) is 8.83 Å². The van der Waals surface area contributed by atoms with Gasteiger partial charge in [0.05, 0.1) is 23.7 Å². The Morgan fingerprint density at radius 1 is 1.29 bits per heavy atom. The van der Waals surface area contributed by atoms with E-state index in [1.807, 2.05) is 29.6 Å². The number of hydrogen-bond acceptors (Lipinski definition) is 6. The van der Waals surface area contributed by atoms with Gasteiger partial charge in [-0.1, -0.05) is 6.07 Å². The Balaban J connectivity index is 1.51. The molecule has 0 saturated carbocycles. The van der Waals surface area contributed by atoms with E-state index < -0.39 is 0 Å². The minimum absolute atomic E-state index is 0.317. The quantitative estimate of drug-likeness (QED) is 0.735. The summed E-state index contributed by atoms with van der Waals surface area (Å²) in [4.78, 5) is 3.35. The summed E-state index contributed by atoms with van der Waals surface area (Å²) in [6.45, 7) is 1.70. The molecule has 0 aromatic carbocycles. The molecule has 0 spiro atoms. The summed E-state index contributed by atoms with van der Waals surface area (Å²) in [7, 11) is 0. The fourth-order valence-corrected chi connectivity index (χ4v) is 3.45. The van der Waals surface area contributed by atoms with Crippen molar-refractivity contribution in [1.29, 1.82) is 0 Å². The molecule has 1 fully saturated rings. The minimum Gasteiger partial charge on any atom is -0.468 e. The Kier molecular flexibility index (Phi) is 3.33. The zero-order chi connectivity index (χ0) is 14.1. The number of aromatic nitrogens is 2. The van der Waals surface area contributed by atoms with Crippen LogP contribution < -0.4 is 0 Å². The fraction of sp³-hybridized carbons (Fsp3) is 0.333. The molecular weight excluding hydrogens is 286 g/mol. The smallest absolute Gasteiger partial charge is 0.257 e. The van der Waals surface area contributed by atoms with E-state index >= 15 is 0 Å². The van der Waals surface area contributed by atoms with Gasteiger partial charge in [0.1, 0.15) is 5.76 Å². The number of rotatable bonds is 4. The minimum atomic E-state index is 0.317. The number of furan rings is 1. The molecule has 1 unspecified atom stereocenters. The van der Waals surface area contributed by atoms with Crippen LogP contribution in [0, 0.1) is 0 Å². The molecule has 0 bridgehead atoms. The molecule has 6 heteroatoms. The number of likely N-dealkylation sites (tertiary alicyclic amines) is 1. The van der Waals surface area contributed by atoms with Crippen LogP contribution in [0.3, 0.4) is 0 Å². The lowest BCUT2D eigenvalue weighted by molar-refractivity contribution is 0.202. The normalized spacial score (nSPS) is 19.3. The summed E-state index contributed by atoms with van der Waals surface area (Å²) in [6.07, 6.45) is 4.00. The van der Waals surface area contributed by atoms with Gasteiger partial charge in [0.15, 0.2) is 0 Å². The van der Waals surface area contributed by atoms with Gasteiger partial charge in [-0.05, 0) is 43.0 Å². The summed E-state index contributed by atoms with van der Waals surface area (Å²) in [5.74, 6) is 2.29. The van der Waals surface area contributed by atoms with Gasteiger partial charge in [0, 0.05) is 0 Å². The summed E-state index contributed by atoms with van der Waals surface area (Å²) in [6, 6.07) is 8.26. The van der Waals surface area contributed by atoms with Gasteiger partial charge in [-0.15, -0.1) is 21.5 Å². The van der Waals surface area contributed by atoms with Crippen LogP contribution in [0.5, 0.6) is 0 Å². The second kappa shape index (κ2) is 5.46. The van der Waals surface area contributed by atoms with Crippen molar-refractivity contribution in [3.8, 4) is 10.8 Å². The van der Waals surface area contributed by atoms with E-state index in [2.05, 4.69) is 15.1 Å². The molecule has 0 radical (unpaired) electrons. The molecule has 1 aliphatic heterocycles. The molecule has 0 aliphatic carbocycles. The van der Waals surface area contributed by atoms with Crippen LogP contribution in [-0.2, 0) is 6.54 Å². The molecule has 1 aliphatic rings. The Labute approximate surface area is 126 Å². The van der Waals surface area contributed by atoms with E-state index in [0.717, 1.165) is 30.0 Å². The average molecular weight is 301 g/mol. The number of thiophene rings is 1. The molecule has 1 saturated heterocycles. The van der Waals surface area contributed by atoms with E-state index in [1.54, 1.807) is 17.6 Å². The van der Waals surface area contributed by atoms with E-state index in [1.165, 1.54) is 0 Å². The van der Waals surface area contributed by atoms with Crippen molar-refractivity contribution in [3.05, 3.63) is 47.6 Å². The molecule has 21 heavy (non-hydrogen) atoms. The maximum atomic E-state index is 5.77. The van der Waals surface area contributed by atoms with Crippen molar-refractivity contribution in [2.75, 3.05) is 6.54 Å². The first-order valence-electron chi connectivity index (χ1n) is 7.04. The molecule has 1 atom stereocenters. The highest BCUT2D eigenvalue weighted by atomic mass is 32.1. The molecule has 5 nitrogen and oxygen atoms in total.